The van der Waals surface area contributed by atoms with Gasteiger partial charge in [-0.25, -0.2) is 14.3 Å². The molecule has 0 saturated carbocycles. The van der Waals surface area contributed by atoms with Crippen molar-refractivity contribution < 1.29 is 9.59 Å². The molecule has 0 spiro atoms. The average Bonchev–Trinajstić information content (AvgIpc) is 3.23. The number of hydrogen-bond donors (Lipinski definition) is 1. The zero-order chi connectivity index (χ0) is 25.1. The van der Waals surface area contributed by atoms with Crippen molar-refractivity contribution in [2.75, 3.05) is 5.32 Å². The normalized spacial score (nSPS) is 11.2. The Bertz CT molecular complexity index is 1510. The van der Waals surface area contributed by atoms with E-state index in [-0.39, 0.29) is 29.4 Å². The SMILES string of the molecule is CC(=O)c1ccccc1NC(=O)Cn1c(=O)c2c(ncn2CC(C)C)n(Cc2ccccc2)c1=O. The van der Waals surface area contributed by atoms with E-state index in [4.69, 9.17) is 0 Å². The second kappa shape index (κ2) is 9.92. The first-order chi connectivity index (χ1) is 16.8. The summed E-state index contributed by atoms with van der Waals surface area (Å²) >= 11 is 0. The minimum atomic E-state index is -0.629. The van der Waals surface area contributed by atoms with Crippen molar-refractivity contribution in [3.8, 4) is 0 Å². The van der Waals surface area contributed by atoms with Crippen molar-refractivity contribution in [3.63, 3.8) is 0 Å². The first-order valence-corrected chi connectivity index (χ1v) is 11.4. The molecule has 0 saturated heterocycles. The molecule has 180 valence electrons. The lowest BCUT2D eigenvalue weighted by Crippen LogP contribution is -2.43. The molecule has 0 atom stereocenters. The van der Waals surface area contributed by atoms with Crippen LogP contribution in [-0.2, 0) is 24.4 Å². The molecule has 35 heavy (non-hydrogen) atoms. The molecule has 4 aromatic rings. The maximum absolute atomic E-state index is 13.4. The van der Waals surface area contributed by atoms with Crippen molar-refractivity contribution in [1.29, 1.82) is 0 Å². The third kappa shape index (κ3) is 4.98. The lowest BCUT2D eigenvalue weighted by molar-refractivity contribution is -0.116. The second-order valence-electron chi connectivity index (χ2n) is 8.86. The number of anilines is 1. The first kappa shape index (κ1) is 23.9. The van der Waals surface area contributed by atoms with Crippen molar-refractivity contribution in [2.45, 2.75) is 40.4 Å². The summed E-state index contributed by atoms with van der Waals surface area (Å²) in [6.07, 6.45) is 1.56. The van der Waals surface area contributed by atoms with Gasteiger partial charge < -0.3 is 9.88 Å². The van der Waals surface area contributed by atoms with E-state index in [1.54, 1.807) is 35.2 Å². The number of fused-ring (bicyclic) bond motifs is 1. The van der Waals surface area contributed by atoms with Gasteiger partial charge >= 0.3 is 5.69 Å². The minimum Gasteiger partial charge on any atom is -0.324 e. The van der Waals surface area contributed by atoms with Crippen LogP contribution in [0.1, 0.15) is 36.7 Å². The number of carbonyl (C=O) groups is 2. The number of nitrogens with zero attached hydrogens (tertiary/aromatic N) is 4. The number of imidazole rings is 1. The maximum atomic E-state index is 13.4. The molecule has 9 nitrogen and oxygen atoms in total. The van der Waals surface area contributed by atoms with Crippen LogP contribution in [0.15, 0.2) is 70.5 Å². The molecular formula is C26H27N5O4. The Labute approximate surface area is 201 Å². The lowest BCUT2D eigenvalue weighted by Gasteiger charge is -2.14. The van der Waals surface area contributed by atoms with Gasteiger partial charge in [-0.05, 0) is 30.5 Å². The highest BCUT2D eigenvalue weighted by Gasteiger charge is 2.21. The number of aromatic nitrogens is 4. The predicted octanol–water partition coefficient (Wildman–Crippen LogP) is 2.91. The lowest BCUT2D eigenvalue weighted by atomic mass is 10.1. The Hall–Kier alpha value is -4.27. The van der Waals surface area contributed by atoms with E-state index in [0.29, 0.717) is 17.8 Å². The van der Waals surface area contributed by atoms with Crippen LogP contribution < -0.4 is 16.6 Å². The molecule has 0 aliphatic carbocycles. The van der Waals surface area contributed by atoms with E-state index in [1.165, 1.54) is 11.5 Å². The van der Waals surface area contributed by atoms with Crippen LogP contribution in [0.5, 0.6) is 0 Å². The molecule has 0 radical (unpaired) electrons. The van der Waals surface area contributed by atoms with Crippen LogP contribution in [0.2, 0.25) is 0 Å². The summed E-state index contributed by atoms with van der Waals surface area (Å²) in [5.74, 6) is -0.554. The molecule has 1 amide bonds. The third-order valence-electron chi connectivity index (χ3n) is 5.61. The molecule has 2 aromatic carbocycles. The van der Waals surface area contributed by atoms with Gasteiger partial charge in [0, 0.05) is 12.1 Å². The number of nitrogens with one attached hydrogen (secondary N) is 1. The number of amides is 1. The molecule has 2 heterocycles. The summed E-state index contributed by atoms with van der Waals surface area (Å²) in [4.78, 5) is 56.1. The molecule has 0 bridgehead atoms. The van der Waals surface area contributed by atoms with Gasteiger partial charge in [0.25, 0.3) is 5.56 Å². The standard InChI is InChI=1S/C26H27N5O4/c1-17(2)13-29-16-27-24-23(29)25(34)31(26(35)30(24)14-19-9-5-4-6-10-19)15-22(33)28-21-12-8-7-11-20(21)18(3)32/h4-12,16-17H,13-15H2,1-3H3,(H,28,33). The van der Waals surface area contributed by atoms with Crippen molar-refractivity contribution in [3.05, 3.63) is 92.9 Å². The van der Waals surface area contributed by atoms with Gasteiger partial charge in [0.2, 0.25) is 5.91 Å². The van der Waals surface area contributed by atoms with Gasteiger partial charge in [-0.3, -0.25) is 19.0 Å². The molecule has 0 aliphatic rings. The van der Waals surface area contributed by atoms with E-state index in [9.17, 15) is 19.2 Å². The summed E-state index contributed by atoms with van der Waals surface area (Å²) < 4.78 is 4.07. The quantitative estimate of drug-likeness (QED) is 0.396. The second-order valence-corrected chi connectivity index (χ2v) is 8.86. The fraction of sp³-hybridized carbons (Fsp3) is 0.269. The van der Waals surface area contributed by atoms with Crippen LogP contribution in [0, 0.1) is 5.92 Å². The average molecular weight is 474 g/mol. The van der Waals surface area contributed by atoms with Crippen LogP contribution in [0.4, 0.5) is 5.69 Å². The first-order valence-electron chi connectivity index (χ1n) is 11.4. The fourth-order valence-corrected chi connectivity index (χ4v) is 4.05. The zero-order valence-corrected chi connectivity index (χ0v) is 19.9. The molecule has 0 aliphatic heterocycles. The molecule has 0 fully saturated rings. The summed E-state index contributed by atoms with van der Waals surface area (Å²) in [7, 11) is 0. The van der Waals surface area contributed by atoms with Crippen LogP contribution in [-0.4, -0.2) is 30.4 Å². The highest BCUT2D eigenvalue weighted by molar-refractivity contribution is 6.03. The van der Waals surface area contributed by atoms with Crippen molar-refractivity contribution >= 4 is 28.5 Å². The minimum absolute atomic E-state index is 0.198. The van der Waals surface area contributed by atoms with E-state index in [2.05, 4.69) is 10.3 Å². The number of hydrogen-bond acceptors (Lipinski definition) is 5. The summed E-state index contributed by atoms with van der Waals surface area (Å²) in [6, 6.07) is 16.0. The van der Waals surface area contributed by atoms with E-state index in [0.717, 1.165) is 10.1 Å². The van der Waals surface area contributed by atoms with Gasteiger partial charge in [-0.1, -0.05) is 56.3 Å². The fourth-order valence-electron chi connectivity index (χ4n) is 4.05. The van der Waals surface area contributed by atoms with Crippen LogP contribution in [0.3, 0.4) is 0 Å². The Kier molecular flexibility index (Phi) is 6.77. The molecule has 4 rings (SSSR count). The monoisotopic (exact) mass is 473 g/mol. The van der Waals surface area contributed by atoms with Gasteiger partial charge in [0.05, 0.1) is 18.6 Å². The number of Topliss-reactive ketones (excluding diaryl/α,β-unsaturated/α-hetero) is 1. The maximum Gasteiger partial charge on any atom is 0.333 e. The molecular weight excluding hydrogens is 446 g/mol. The Morgan fingerprint density at radius 3 is 2.34 bits per heavy atom. The number of benzene rings is 2. The largest absolute Gasteiger partial charge is 0.333 e. The van der Waals surface area contributed by atoms with Gasteiger partial charge in [-0.15, -0.1) is 0 Å². The van der Waals surface area contributed by atoms with Crippen molar-refractivity contribution in [1.82, 2.24) is 18.7 Å². The Morgan fingerprint density at radius 1 is 0.971 bits per heavy atom. The Balaban J connectivity index is 1.79. The molecule has 1 N–H and O–H groups in total. The number of rotatable bonds is 8. The molecule has 9 heteroatoms. The predicted molar refractivity (Wildman–Crippen MR) is 134 cm³/mol. The summed E-state index contributed by atoms with van der Waals surface area (Å²) in [6.45, 7) is 5.68. The van der Waals surface area contributed by atoms with E-state index < -0.39 is 23.7 Å². The van der Waals surface area contributed by atoms with E-state index >= 15 is 0 Å². The molecule has 0 unspecified atom stereocenters. The van der Waals surface area contributed by atoms with Crippen LogP contribution >= 0.6 is 0 Å². The van der Waals surface area contributed by atoms with Crippen molar-refractivity contribution in [2.24, 2.45) is 5.92 Å². The van der Waals surface area contributed by atoms with E-state index in [1.807, 2.05) is 44.2 Å². The third-order valence-corrected chi connectivity index (χ3v) is 5.61. The summed E-state index contributed by atoms with van der Waals surface area (Å²) in [5, 5.41) is 2.66. The number of para-hydroxylation sites is 1. The van der Waals surface area contributed by atoms with Gasteiger partial charge in [0.15, 0.2) is 16.9 Å². The zero-order valence-electron chi connectivity index (χ0n) is 19.9. The number of carbonyl (C=O) groups excluding carboxylic acids is 2. The number of ketones is 1. The summed E-state index contributed by atoms with van der Waals surface area (Å²) in [5.41, 5.74) is 0.876. The van der Waals surface area contributed by atoms with Gasteiger partial charge in [0.1, 0.15) is 6.54 Å². The topological polar surface area (TPSA) is 108 Å². The Morgan fingerprint density at radius 2 is 1.66 bits per heavy atom. The molecule has 2 aromatic heterocycles. The smallest absolute Gasteiger partial charge is 0.324 e. The highest BCUT2D eigenvalue weighted by Crippen LogP contribution is 2.16. The van der Waals surface area contributed by atoms with Gasteiger partial charge in [-0.2, -0.15) is 0 Å². The van der Waals surface area contributed by atoms with Crippen LogP contribution in [0.25, 0.3) is 11.2 Å². The highest BCUT2D eigenvalue weighted by atomic mass is 16.2.